The Labute approximate surface area is 75.7 Å². The van der Waals surface area contributed by atoms with Crippen LogP contribution in [0.1, 0.15) is 19.4 Å². The van der Waals surface area contributed by atoms with E-state index in [1.807, 2.05) is 0 Å². The molecular formula is C8H12N2O3. The van der Waals surface area contributed by atoms with E-state index in [2.05, 4.69) is 15.0 Å². The molecule has 72 valence electrons. The molecule has 5 heteroatoms. The van der Waals surface area contributed by atoms with Crippen LogP contribution in [0.15, 0.2) is 17.0 Å². The normalized spacial score (nSPS) is 11.5. The van der Waals surface area contributed by atoms with Crippen LogP contribution in [0.2, 0.25) is 0 Å². The molecule has 0 aromatic carbocycles. The van der Waals surface area contributed by atoms with Gasteiger partial charge in [-0.2, -0.15) is 0 Å². The predicted octanol–water partition coefficient (Wildman–Crippen LogP) is 0.627. The first kappa shape index (κ1) is 9.73. The minimum atomic E-state index is -0.933. The minimum Gasteiger partial charge on any atom is -0.480 e. The summed E-state index contributed by atoms with van der Waals surface area (Å²) in [6.07, 6.45) is 3.02. The first-order valence-corrected chi connectivity index (χ1v) is 3.89. The van der Waals surface area contributed by atoms with Crippen molar-refractivity contribution in [1.82, 2.24) is 10.5 Å². The van der Waals surface area contributed by atoms with Gasteiger partial charge in [0.15, 0.2) is 0 Å². The summed E-state index contributed by atoms with van der Waals surface area (Å²) in [4.78, 5) is 10.7. The smallest absolute Gasteiger partial charge is 0.323 e. The fourth-order valence-electron chi connectivity index (χ4n) is 0.713. The summed E-state index contributed by atoms with van der Waals surface area (Å²) in [5, 5.41) is 15.1. The van der Waals surface area contributed by atoms with Gasteiger partial charge in [0.05, 0.1) is 6.20 Å². The first-order valence-electron chi connectivity index (χ1n) is 3.89. The highest BCUT2D eigenvalue weighted by Gasteiger charge is 2.25. The summed E-state index contributed by atoms with van der Waals surface area (Å²) in [6, 6.07) is 0. The lowest BCUT2D eigenvalue weighted by atomic mass is 10.1. The zero-order valence-corrected chi connectivity index (χ0v) is 7.57. The number of carboxylic acids is 1. The maximum Gasteiger partial charge on any atom is 0.323 e. The van der Waals surface area contributed by atoms with Crippen LogP contribution >= 0.6 is 0 Å². The Morgan fingerprint density at radius 2 is 2.46 bits per heavy atom. The van der Waals surface area contributed by atoms with E-state index in [1.54, 1.807) is 20.0 Å². The van der Waals surface area contributed by atoms with Gasteiger partial charge < -0.3 is 9.63 Å². The van der Waals surface area contributed by atoms with E-state index in [1.165, 1.54) is 6.26 Å². The molecule has 0 atom stereocenters. The van der Waals surface area contributed by atoms with Crippen LogP contribution in [-0.2, 0) is 11.3 Å². The van der Waals surface area contributed by atoms with Crippen molar-refractivity contribution in [3.8, 4) is 0 Å². The monoisotopic (exact) mass is 184 g/mol. The lowest BCUT2D eigenvalue weighted by molar-refractivity contribution is -0.143. The van der Waals surface area contributed by atoms with E-state index >= 15 is 0 Å². The summed E-state index contributed by atoms with van der Waals surface area (Å²) in [6.45, 7) is 3.63. The molecule has 1 heterocycles. The highest BCUT2D eigenvalue weighted by molar-refractivity contribution is 5.77. The maximum atomic E-state index is 10.7. The van der Waals surface area contributed by atoms with Crippen molar-refractivity contribution in [3.05, 3.63) is 18.0 Å². The lowest BCUT2D eigenvalue weighted by Crippen LogP contribution is -2.46. The van der Waals surface area contributed by atoms with Gasteiger partial charge in [-0.25, -0.2) is 0 Å². The Morgan fingerprint density at radius 1 is 1.77 bits per heavy atom. The molecule has 1 aromatic rings. The zero-order valence-electron chi connectivity index (χ0n) is 7.57. The molecule has 2 N–H and O–H groups in total. The van der Waals surface area contributed by atoms with Gasteiger partial charge in [-0.05, 0) is 13.8 Å². The van der Waals surface area contributed by atoms with Gasteiger partial charge in [-0.15, -0.1) is 0 Å². The van der Waals surface area contributed by atoms with Crippen LogP contribution < -0.4 is 5.32 Å². The second-order valence-electron chi connectivity index (χ2n) is 3.32. The van der Waals surface area contributed by atoms with Crippen LogP contribution in [0.25, 0.3) is 0 Å². The summed E-state index contributed by atoms with van der Waals surface area (Å²) < 4.78 is 4.60. The van der Waals surface area contributed by atoms with E-state index in [4.69, 9.17) is 5.11 Å². The molecule has 0 aliphatic rings. The molecule has 0 radical (unpaired) electrons. The zero-order chi connectivity index (χ0) is 9.90. The van der Waals surface area contributed by atoms with Gasteiger partial charge in [0.2, 0.25) is 0 Å². The van der Waals surface area contributed by atoms with Crippen LogP contribution in [0, 0.1) is 0 Å². The molecule has 0 aliphatic carbocycles. The predicted molar refractivity (Wildman–Crippen MR) is 45.1 cm³/mol. The number of nitrogens with one attached hydrogen (secondary N) is 1. The standard InChI is InChI=1S/C8H12N2O3/c1-8(2,7(11)12)9-3-6-4-10-13-5-6/h4-5,9H,3H2,1-2H3,(H,11,12). The maximum absolute atomic E-state index is 10.7. The number of carboxylic acid groups (broad SMARTS) is 1. The van der Waals surface area contributed by atoms with E-state index in [9.17, 15) is 4.79 Å². The van der Waals surface area contributed by atoms with E-state index in [-0.39, 0.29) is 0 Å². The van der Waals surface area contributed by atoms with Crippen molar-refractivity contribution < 1.29 is 14.4 Å². The number of aromatic nitrogens is 1. The number of rotatable bonds is 4. The van der Waals surface area contributed by atoms with Crippen molar-refractivity contribution in [1.29, 1.82) is 0 Å². The largest absolute Gasteiger partial charge is 0.480 e. The van der Waals surface area contributed by atoms with E-state index in [0.29, 0.717) is 6.54 Å². The number of hydrogen-bond donors (Lipinski definition) is 2. The molecule has 0 saturated carbocycles. The summed E-state index contributed by atoms with van der Waals surface area (Å²) in [5.41, 5.74) is -0.105. The third-order valence-electron chi connectivity index (χ3n) is 1.75. The van der Waals surface area contributed by atoms with Crippen molar-refractivity contribution in [2.24, 2.45) is 0 Å². The molecule has 1 rings (SSSR count). The third-order valence-corrected chi connectivity index (χ3v) is 1.75. The number of nitrogens with zero attached hydrogens (tertiary/aromatic N) is 1. The molecular weight excluding hydrogens is 172 g/mol. The Morgan fingerprint density at radius 3 is 2.92 bits per heavy atom. The average Bonchev–Trinajstić information content (AvgIpc) is 2.52. The van der Waals surface area contributed by atoms with Gasteiger partial charge in [0.25, 0.3) is 0 Å². The van der Waals surface area contributed by atoms with Gasteiger partial charge in [-0.1, -0.05) is 5.16 Å². The second kappa shape index (κ2) is 3.57. The van der Waals surface area contributed by atoms with Gasteiger partial charge >= 0.3 is 5.97 Å². The Balaban J connectivity index is 2.47. The second-order valence-corrected chi connectivity index (χ2v) is 3.32. The molecule has 5 nitrogen and oxygen atoms in total. The van der Waals surface area contributed by atoms with Gasteiger partial charge in [0, 0.05) is 12.1 Å². The summed E-state index contributed by atoms with van der Waals surface area (Å²) in [7, 11) is 0. The third kappa shape index (κ3) is 2.55. The SMILES string of the molecule is CC(C)(NCc1cnoc1)C(=O)O. The fourth-order valence-corrected chi connectivity index (χ4v) is 0.713. The molecule has 0 spiro atoms. The van der Waals surface area contributed by atoms with Crippen LogP contribution in [0.4, 0.5) is 0 Å². The molecule has 13 heavy (non-hydrogen) atoms. The van der Waals surface area contributed by atoms with Gasteiger partial charge in [0.1, 0.15) is 11.8 Å². The Hall–Kier alpha value is -1.36. The van der Waals surface area contributed by atoms with Crippen LogP contribution in [-0.4, -0.2) is 21.8 Å². The summed E-state index contributed by atoms with van der Waals surface area (Å²) >= 11 is 0. The van der Waals surface area contributed by atoms with Crippen molar-refractivity contribution in [2.45, 2.75) is 25.9 Å². The molecule has 0 fully saturated rings. The number of carbonyl (C=O) groups is 1. The van der Waals surface area contributed by atoms with Crippen LogP contribution in [0.3, 0.4) is 0 Å². The summed E-state index contributed by atoms with van der Waals surface area (Å²) in [5.74, 6) is -0.885. The van der Waals surface area contributed by atoms with E-state index < -0.39 is 11.5 Å². The highest BCUT2D eigenvalue weighted by atomic mass is 16.5. The van der Waals surface area contributed by atoms with Crippen molar-refractivity contribution in [2.75, 3.05) is 0 Å². The number of hydrogen-bond acceptors (Lipinski definition) is 4. The highest BCUT2D eigenvalue weighted by Crippen LogP contribution is 2.04. The molecule has 1 aromatic heterocycles. The minimum absolute atomic E-state index is 0.433. The molecule has 0 aliphatic heterocycles. The molecule has 0 saturated heterocycles. The molecule has 0 bridgehead atoms. The van der Waals surface area contributed by atoms with E-state index in [0.717, 1.165) is 5.56 Å². The topological polar surface area (TPSA) is 75.4 Å². The quantitative estimate of drug-likeness (QED) is 0.717. The fraction of sp³-hybridized carbons (Fsp3) is 0.500. The molecule has 0 amide bonds. The van der Waals surface area contributed by atoms with Crippen molar-refractivity contribution in [3.63, 3.8) is 0 Å². The molecule has 0 unspecified atom stereocenters. The Kier molecular flexibility index (Phi) is 2.67. The van der Waals surface area contributed by atoms with Gasteiger partial charge in [-0.3, -0.25) is 10.1 Å². The first-order chi connectivity index (χ1) is 6.02. The Bertz CT molecular complexity index is 280. The average molecular weight is 184 g/mol. The van der Waals surface area contributed by atoms with Crippen LogP contribution in [0.5, 0.6) is 0 Å². The van der Waals surface area contributed by atoms with Crippen molar-refractivity contribution >= 4 is 5.97 Å². The lowest BCUT2D eigenvalue weighted by Gasteiger charge is -2.20. The number of aliphatic carboxylic acids is 1.